The molecule has 0 aliphatic carbocycles. The second kappa shape index (κ2) is 7.71. The van der Waals surface area contributed by atoms with Crippen molar-refractivity contribution < 1.29 is 14.1 Å². The minimum Gasteiger partial charge on any atom is -0.383 e. The van der Waals surface area contributed by atoms with Gasteiger partial charge < -0.3 is 13.8 Å². The van der Waals surface area contributed by atoms with Crippen molar-refractivity contribution >= 4 is 34.6 Å². The number of para-hydroxylation sites is 2. The molecule has 1 N–H and O–H groups in total. The number of fused-ring (bicyclic) bond motifs is 1. The number of nitrogens with zero attached hydrogens (tertiary/aromatic N) is 3. The molecule has 0 radical (unpaired) electrons. The maximum Gasteiger partial charge on any atom is 0.240 e. The number of methoxy groups -OCH3 is 1. The van der Waals surface area contributed by atoms with E-state index in [1.165, 1.54) is 11.8 Å². The fourth-order valence-corrected chi connectivity index (χ4v) is 3.35. The van der Waals surface area contributed by atoms with Gasteiger partial charge in [-0.25, -0.2) is 4.98 Å². The number of rotatable bonds is 7. The first-order chi connectivity index (χ1) is 12.1. The van der Waals surface area contributed by atoms with Crippen LogP contribution in [0.5, 0.6) is 0 Å². The van der Waals surface area contributed by atoms with Gasteiger partial charge in [0, 0.05) is 19.7 Å². The second-order valence-corrected chi connectivity index (χ2v) is 6.92. The van der Waals surface area contributed by atoms with E-state index in [4.69, 9.17) is 9.26 Å². The summed E-state index contributed by atoms with van der Waals surface area (Å²) in [7, 11) is 1.67. The van der Waals surface area contributed by atoms with Gasteiger partial charge in [-0.05, 0) is 26.0 Å². The molecule has 132 valence electrons. The highest BCUT2D eigenvalue weighted by Crippen LogP contribution is 2.28. The van der Waals surface area contributed by atoms with Crippen molar-refractivity contribution in [2.24, 2.45) is 0 Å². The highest BCUT2D eigenvalue weighted by molar-refractivity contribution is 8.00. The summed E-state index contributed by atoms with van der Waals surface area (Å²) >= 11 is 1.40. The molecule has 0 aliphatic heterocycles. The van der Waals surface area contributed by atoms with Crippen LogP contribution < -0.4 is 5.32 Å². The topological polar surface area (TPSA) is 82.2 Å². The molecule has 0 saturated carbocycles. The van der Waals surface area contributed by atoms with Crippen molar-refractivity contribution in [1.82, 2.24) is 14.7 Å². The monoisotopic (exact) mass is 360 g/mol. The summed E-state index contributed by atoms with van der Waals surface area (Å²) in [5.41, 5.74) is 2.65. The minimum absolute atomic E-state index is 0.161. The van der Waals surface area contributed by atoms with Gasteiger partial charge in [-0.1, -0.05) is 29.1 Å². The average molecular weight is 360 g/mol. The molecular weight excluding hydrogens is 340 g/mol. The predicted molar refractivity (Wildman–Crippen MR) is 96.8 cm³/mol. The second-order valence-electron chi connectivity index (χ2n) is 5.61. The average Bonchev–Trinajstić information content (AvgIpc) is 3.16. The van der Waals surface area contributed by atoms with Gasteiger partial charge in [0.1, 0.15) is 0 Å². The summed E-state index contributed by atoms with van der Waals surface area (Å²) in [6, 6.07) is 9.59. The van der Waals surface area contributed by atoms with E-state index in [1.807, 2.05) is 31.2 Å². The van der Waals surface area contributed by atoms with Crippen LogP contribution in [-0.4, -0.2) is 39.6 Å². The number of carbonyl (C=O) groups is 1. The van der Waals surface area contributed by atoms with Crippen LogP contribution in [0.25, 0.3) is 11.0 Å². The third-order valence-electron chi connectivity index (χ3n) is 3.66. The minimum atomic E-state index is -0.344. The molecule has 8 heteroatoms. The molecular formula is C17H20N4O3S. The van der Waals surface area contributed by atoms with E-state index in [9.17, 15) is 4.79 Å². The van der Waals surface area contributed by atoms with E-state index in [0.29, 0.717) is 19.0 Å². The number of nitrogens with one attached hydrogen (secondary N) is 1. The molecule has 7 nitrogen and oxygen atoms in total. The third-order valence-corrected chi connectivity index (χ3v) is 4.75. The summed E-state index contributed by atoms with van der Waals surface area (Å²) in [5, 5.41) is 6.93. The van der Waals surface area contributed by atoms with Crippen molar-refractivity contribution in [2.45, 2.75) is 30.8 Å². The van der Waals surface area contributed by atoms with Crippen molar-refractivity contribution in [3.05, 3.63) is 36.0 Å². The Kier molecular flexibility index (Phi) is 5.40. The first kappa shape index (κ1) is 17.5. The molecule has 3 rings (SSSR count). The number of ether oxygens (including phenoxy) is 1. The molecule has 2 heterocycles. The summed E-state index contributed by atoms with van der Waals surface area (Å²) in [4.78, 5) is 17.0. The normalized spacial score (nSPS) is 12.4. The molecule has 0 aliphatic rings. The van der Waals surface area contributed by atoms with E-state index >= 15 is 0 Å². The lowest BCUT2D eigenvalue weighted by Crippen LogP contribution is -2.22. The number of aryl methyl sites for hydroxylation is 1. The van der Waals surface area contributed by atoms with Gasteiger partial charge in [0.15, 0.2) is 5.16 Å². The van der Waals surface area contributed by atoms with Crippen LogP contribution in [0.2, 0.25) is 0 Å². The fourth-order valence-electron chi connectivity index (χ4n) is 2.40. The van der Waals surface area contributed by atoms with Gasteiger partial charge in [-0.15, -0.1) is 0 Å². The lowest BCUT2D eigenvalue weighted by molar-refractivity contribution is -0.115. The SMILES string of the molecule is COCCn1c(SC(C)C(=O)Nc2cc(C)no2)nc2ccccc21. The highest BCUT2D eigenvalue weighted by atomic mass is 32.2. The standard InChI is InChI=1S/C17H20N4O3S/c1-11-10-15(24-20-11)19-16(22)12(2)25-17-18-13-6-4-5-7-14(13)21(17)8-9-23-3/h4-7,10,12H,8-9H2,1-3H3,(H,19,22). The van der Waals surface area contributed by atoms with E-state index in [1.54, 1.807) is 20.1 Å². The number of thioether (sulfide) groups is 1. The van der Waals surface area contributed by atoms with E-state index in [2.05, 4.69) is 20.0 Å². The molecule has 1 aromatic carbocycles. The van der Waals surface area contributed by atoms with Gasteiger partial charge in [-0.3, -0.25) is 10.1 Å². The van der Waals surface area contributed by atoms with Crippen molar-refractivity contribution in [3.63, 3.8) is 0 Å². The van der Waals surface area contributed by atoms with Gasteiger partial charge >= 0.3 is 0 Å². The van der Waals surface area contributed by atoms with Gasteiger partial charge in [-0.2, -0.15) is 0 Å². The van der Waals surface area contributed by atoms with Crippen LogP contribution in [0.1, 0.15) is 12.6 Å². The molecule has 1 unspecified atom stereocenters. The van der Waals surface area contributed by atoms with Crippen LogP contribution in [0.15, 0.2) is 40.0 Å². The Morgan fingerprint density at radius 2 is 2.24 bits per heavy atom. The van der Waals surface area contributed by atoms with Gasteiger partial charge in [0.05, 0.1) is 28.6 Å². The Labute approximate surface area is 149 Å². The number of imidazole rings is 1. The summed E-state index contributed by atoms with van der Waals surface area (Å²) in [5.74, 6) is 0.189. The number of hydrogen-bond donors (Lipinski definition) is 1. The van der Waals surface area contributed by atoms with Crippen molar-refractivity contribution in [1.29, 1.82) is 0 Å². The lowest BCUT2D eigenvalue weighted by Gasteiger charge is -2.12. The van der Waals surface area contributed by atoms with Crippen LogP contribution in [0.4, 0.5) is 5.88 Å². The van der Waals surface area contributed by atoms with Crippen LogP contribution in [0.3, 0.4) is 0 Å². The molecule has 0 bridgehead atoms. The van der Waals surface area contributed by atoms with Gasteiger partial charge in [0.2, 0.25) is 11.8 Å². The quantitative estimate of drug-likeness (QED) is 0.652. The first-order valence-electron chi connectivity index (χ1n) is 7.93. The van der Waals surface area contributed by atoms with Crippen molar-refractivity contribution in [2.75, 3.05) is 19.0 Å². The fraction of sp³-hybridized carbons (Fsp3) is 0.353. The number of carbonyl (C=O) groups excluding carboxylic acids is 1. The number of anilines is 1. The Morgan fingerprint density at radius 3 is 2.96 bits per heavy atom. The maximum atomic E-state index is 12.4. The first-order valence-corrected chi connectivity index (χ1v) is 8.81. The Balaban J connectivity index is 1.77. The summed E-state index contributed by atoms with van der Waals surface area (Å²) in [6.07, 6.45) is 0. The molecule has 0 fully saturated rings. The zero-order chi connectivity index (χ0) is 17.8. The van der Waals surface area contributed by atoms with Gasteiger partial charge in [0.25, 0.3) is 0 Å². The Morgan fingerprint density at radius 1 is 1.44 bits per heavy atom. The molecule has 3 aromatic rings. The molecule has 1 atom stereocenters. The number of aromatic nitrogens is 3. The van der Waals surface area contributed by atoms with Crippen molar-refractivity contribution in [3.8, 4) is 0 Å². The molecule has 0 spiro atoms. The smallest absolute Gasteiger partial charge is 0.240 e. The molecule has 0 saturated heterocycles. The molecule has 2 aromatic heterocycles. The van der Waals surface area contributed by atoms with Crippen LogP contribution in [-0.2, 0) is 16.1 Å². The largest absolute Gasteiger partial charge is 0.383 e. The highest BCUT2D eigenvalue weighted by Gasteiger charge is 2.20. The number of amides is 1. The van der Waals surface area contributed by atoms with Crippen LogP contribution in [0, 0.1) is 6.92 Å². The third kappa shape index (κ3) is 4.02. The number of benzene rings is 1. The summed E-state index contributed by atoms with van der Waals surface area (Å²) in [6.45, 7) is 4.89. The van der Waals surface area contributed by atoms with E-state index < -0.39 is 0 Å². The number of hydrogen-bond acceptors (Lipinski definition) is 6. The molecule has 25 heavy (non-hydrogen) atoms. The zero-order valence-electron chi connectivity index (χ0n) is 14.4. The van der Waals surface area contributed by atoms with E-state index in [0.717, 1.165) is 21.9 Å². The Bertz CT molecular complexity index is 874. The molecule has 1 amide bonds. The Hall–Kier alpha value is -2.32. The lowest BCUT2D eigenvalue weighted by atomic mass is 10.3. The van der Waals surface area contributed by atoms with Crippen LogP contribution >= 0.6 is 11.8 Å². The van der Waals surface area contributed by atoms with E-state index in [-0.39, 0.29) is 11.2 Å². The predicted octanol–water partition coefficient (Wildman–Crippen LogP) is 3.10. The maximum absolute atomic E-state index is 12.4. The zero-order valence-corrected chi connectivity index (χ0v) is 15.2. The summed E-state index contributed by atoms with van der Waals surface area (Å²) < 4.78 is 12.3.